The van der Waals surface area contributed by atoms with E-state index in [1.54, 1.807) is 7.05 Å². The molecule has 0 saturated carbocycles. The third-order valence-corrected chi connectivity index (χ3v) is 3.63. The Hall–Kier alpha value is -1.26. The van der Waals surface area contributed by atoms with Crippen LogP contribution in [0.15, 0.2) is 4.99 Å². The quantitative estimate of drug-likeness (QED) is 0.312. The maximum atomic E-state index is 11.5. The van der Waals surface area contributed by atoms with Gasteiger partial charge in [-0.15, -0.1) is 0 Å². The lowest BCUT2D eigenvalue weighted by Crippen LogP contribution is -2.43. The highest BCUT2D eigenvalue weighted by atomic mass is 16.1. The van der Waals surface area contributed by atoms with Gasteiger partial charge in [0.25, 0.3) is 0 Å². The van der Waals surface area contributed by atoms with Crippen molar-refractivity contribution >= 4 is 11.9 Å². The first-order chi connectivity index (χ1) is 10.4. The number of hydrogen-bond donors (Lipinski definition) is 3. The van der Waals surface area contributed by atoms with Gasteiger partial charge < -0.3 is 16.0 Å². The molecular weight excluding hydrogens is 276 g/mol. The number of nitrogens with one attached hydrogen (secondary N) is 3. The van der Waals surface area contributed by atoms with Crippen molar-refractivity contribution in [3.8, 4) is 0 Å². The molecule has 0 saturated heterocycles. The third kappa shape index (κ3) is 11.4. The minimum absolute atomic E-state index is 0.0877. The van der Waals surface area contributed by atoms with Gasteiger partial charge in [0.2, 0.25) is 5.91 Å². The number of hydrogen-bond acceptors (Lipinski definition) is 2. The number of carbonyl (C=O) groups excluding carboxylic acids is 1. The van der Waals surface area contributed by atoms with Gasteiger partial charge >= 0.3 is 0 Å². The monoisotopic (exact) mass is 312 g/mol. The summed E-state index contributed by atoms with van der Waals surface area (Å²) in [4.78, 5) is 15.7. The number of amides is 1. The molecule has 0 aliphatic rings. The van der Waals surface area contributed by atoms with E-state index in [2.05, 4.69) is 41.7 Å². The van der Waals surface area contributed by atoms with E-state index in [4.69, 9.17) is 0 Å². The highest BCUT2D eigenvalue weighted by Gasteiger charge is 2.17. The first-order valence-corrected chi connectivity index (χ1v) is 8.66. The highest BCUT2D eigenvalue weighted by Crippen LogP contribution is 2.22. The maximum absolute atomic E-state index is 11.5. The van der Waals surface area contributed by atoms with Gasteiger partial charge in [-0.2, -0.15) is 0 Å². The zero-order chi connectivity index (χ0) is 16.8. The maximum Gasteiger partial charge on any atom is 0.221 e. The van der Waals surface area contributed by atoms with E-state index >= 15 is 0 Å². The fraction of sp³-hybridized carbons (Fsp3) is 0.882. The van der Waals surface area contributed by atoms with Crippen molar-refractivity contribution in [2.45, 2.75) is 66.2 Å². The van der Waals surface area contributed by atoms with Crippen LogP contribution < -0.4 is 16.0 Å². The molecule has 0 spiro atoms. The Morgan fingerprint density at radius 1 is 1.00 bits per heavy atom. The summed E-state index contributed by atoms with van der Waals surface area (Å²) in [6.45, 7) is 11.1. The summed E-state index contributed by atoms with van der Waals surface area (Å²) in [6.07, 6.45) is 6.48. The summed E-state index contributed by atoms with van der Waals surface area (Å²) in [7, 11) is 1.76. The van der Waals surface area contributed by atoms with Gasteiger partial charge in [0.15, 0.2) is 5.96 Å². The van der Waals surface area contributed by atoms with Gasteiger partial charge in [0, 0.05) is 33.1 Å². The number of guanidine groups is 1. The lowest BCUT2D eigenvalue weighted by atomic mass is 9.87. The van der Waals surface area contributed by atoms with E-state index in [0.29, 0.717) is 13.0 Å². The summed E-state index contributed by atoms with van der Waals surface area (Å²) in [5.74, 6) is 0.858. The molecule has 0 unspecified atom stereocenters. The van der Waals surface area contributed by atoms with Crippen LogP contribution in [0.4, 0.5) is 0 Å². The van der Waals surface area contributed by atoms with Gasteiger partial charge in [-0.05, 0) is 18.3 Å². The zero-order valence-corrected chi connectivity index (χ0v) is 15.2. The van der Waals surface area contributed by atoms with Gasteiger partial charge in [-0.25, -0.2) is 0 Å². The van der Waals surface area contributed by atoms with Crippen LogP contribution in [0.5, 0.6) is 0 Å². The average molecular weight is 313 g/mol. The normalized spacial score (nSPS) is 12.1. The second-order valence-corrected chi connectivity index (χ2v) is 6.57. The third-order valence-electron chi connectivity index (χ3n) is 3.63. The second-order valence-electron chi connectivity index (χ2n) is 6.57. The molecule has 0 radical (unpaired) electrons. The van der Waals surface area contributed by atoms with Crippen molar-refractivity contribution < 1.29 is 4.79 Å². The predicted octanol–water partition coefficient (Wildman–Crippen LogP) is 2.67. The minimum atomic E-state index is 0.0877. The molecular formula is C17H36N4O. The topological polar surface area (TPSA) is 65.5 Å². The molecule has 130 valence electrons. The van der Waals surface area contributed by atoms with Gasteiger partial charge in [-0.3, -0.25) is 9.79 Å². The molecule has 0 aromatic carbocycles. The van der Waals surface area contributed by atoms with Crippen LogP contribution in [-0.4, -0.2) is 38.5 Å². The largest absolute Gasteiger partial charge is 0.356 e. The van der Waals surface area contributed by atoms with E-state index in [-0.39, 0.29) is 11.3 Å². The van der Waals surface area contributed by atoms with Crippen molar-refractivity contribution in [2.24, 2.45) is 10.4 Å². The van der Waals surface area contributed by atoms with Gasteiger partial charge in [-0.1, -0.05) is 47.0 Å². The number of carbonyl (C=O) groups is 1. The fourth-order valence-electron chi connectivity index (χ4n) is 2.13. The van der Waals surface area contributed by atoms with Crippen molar-refractivity contribution in [2.75, 3.05) is 26.7 Å². The number of aliphatic imine (C=N–C) groups is 1. The molecule has 0 aromatic heterocycles. The SMILES string of the molecule is CCCCCC(C)(C)CNC(=NC)NCCC(=O)NCCC. The van der Waals surface area contributed by atoms with Crippen molar-refractivity contribution in [3.63, 3.8) is 0 Å². The van der Waals surface area contributed by atoms with E-state index in [0.717, 1.165) is 25.5 Å². The average Bonchev–Trinajstić information content (AvgIpc) is 2.48. The van der Waals surface area contributed by atoms with Crippen LogP contribution in [0.1, 0.15) is 66.2 Å². The van der Waals surface area contributed by atoms with Crippen molar-refractivity contribution in [1.29, 1.82) is 0 Å². The van der Waals surface area contributed by atoms with Crippen LogP contribution in [-0.2, 0) is 4.79 Å². The molecule has 3 N–H and O–H groups in total. The van der Waals surface area contributed by atoms with E-state index in [1.807, 2.05) is 6.92 Å². The molecule has 5 heteroatoms. The highest BCUT2D eigenvalue weighted by molar-refractivity contribution is 5.81. The number of unbranched alkanes of at least 4 members (excludes halogenated alkanes) is 2. The molecule has 0 fully saturated rings. The lowest BCUT2D eigenvalue weighted by Gasteiger charge is -2.26. The molecule has 0 aliphatic heterocycles. The van der Waals surface area contributed by atoms with Gasteiger partial charge in [0.1, 0.15) is 0 Å². The molecule has 0 aliphatic carbocycles. The van der Waals surface area contributed by atoms with Crippen LogP contribution in [0.25, 0.3) is 0 Å². The smallest absolute Gasteiger partial charge is 0.221 e. The molecule has 0 atom stereocenters. The van der Waals surface area contributed by atoms with Crippen LogP contribution >= 0.6 is 0 Å². The van der Waals surface area contributed by atoms with Crippen molar-refractivity contribution in [1.82, 2.24) is 16.0 Å². The van der Waals surface area contributed by atoms with Crippen molar-refractivity contribution in [3.05, 3.63) is 0 Å². The molecule has 0 aromatic rings. The number of nitrogens with zero attached hydrogens (tertiary/aromatic N) is 1. The molecule has 0 heterocycles. The molecule has 5 nitrogen and oxygen atoms in total. The summed E-state index contributed by atoms with van der Waals surface area (Å²) in [5.41, 5.74) is 0.255. The summed E-state index contributed by atoms with van der Waals surface area (Å²) in [5, 5.41) is 9.43. The lowest BCUT2D eigenvalue weighted by molar-refractivity contribution is -0.120. The van der Waals surface area contributed by atoms with Crippen LogP contribution in [0, 0.1) is 5.41 Å². The van der Waals surface area contributed by atoms with E-state index in [9.17, 15) is 4.79 Å². The fourth-order valence-corrected chi connectivity index (χ4v) is 2.13. The Morgan fingerprint density at radius 2 is 1.73 bits per heavy atom. The van der Waals surface area contributed by atoms with Crippen LogP contribution in [0.3, 0.4) is 0 Å². The summed E-state index contributed by atoms with van der Waals surface area (Å²) in [6, 6.07) is 0. The zero-order valence-electron chi connectivity index (χ0n) is 15.2. The first kappa shape index (κ1) is 20.7. The molecule has 0 bridgehead atoms. The minimum Gasteiger partial charge on any atom is -0.356 e. The molecule has 0 rings (SSSR count). The second kappa shape index (κ2) is 12.3. The Bertz CT molecular complexity index is 327. The molecule has 1 amide bonds. The summed E-state index contributed by atoms with van der Waals surface area (Å²) < 4.78 is 0. The Balaban J connectivity index is 3.94. The number of rotatable bonds is 11. The molecule has 22 heavy (non-hydrogen) atoms. The predicted molar refractivity (Wildman–Crippen MR) is 95.2 cm³/mol. The first-order valence-electron chi connectivity index (χ1n) is 8.66. The Labute approximate surface area is 136 Å². The van der Waals surface area contributed by atoms with E-state index in [1.165, 1.54) is 25.7 Å². The summed E-state index contributed by atoms with van der Waals surface area (Å²) >= 11 is 0. The standard InChI is InChI=1S/C17H36N4O/c1-6-8-9-11-17(3,4)14-21-16(18-5)20-13-10-15(22)19-12-7-2/h6-14H2,1-5H3,(H,19,22)(H2,18,20,21). The van der Waals surface area contributed by atoms with E-state index < -0.39 is 0 Å². The Kier molecular flexibility index (Phi) is 11.6. The van der Waals surface area contributed by atoms with Gasteiger partial charge in [0.05, 0.1) is 0 Å². The van der Waals surface area contributed by atoms with Crippen LogP contribution in [0.2, 0.25) is 0 Å². The Morgan fingerprint density at radius 3 is 2.32 bits per heavy atom.